The lowest BCUT2D eigenvalue weighted by atomic mass is 9.91. The summed E-state index contributed by atoms with van der Waals surface area (Å²) in [7, 11) is 0. The van der Waals surface area contributed by atoms with Gasteiger partial charge in [-0.25, -0.2) is 0 Å². The second kappa shape index (κ2) is 2.61. The van der Waals surface area contributed by atoms with Gasteiger partial charge in [0.1, 0.15) is 0 Å². The van der Waals surface area contributed by atoms with E-state index in [9.17, 15) is 0 Å². The largest absolute Gasteiger partial charge is 0.411 e. The monoisotopic (exact) mass is 186 g/mol. The maximum Gasteiger partial charge on any atom is 0.0878 e. The van der Waals surface area contributed by atoms with Crippen molar-refractivity contribution in [2.75, 3.05) is 0 Å². The molecule has 3 nitrogen and oxygen atoms in total. The third kappa shape index (κ3) is 0.839. The third-order valence-electron chi connectivity index (χ3n) is 2.85. The lowest BCUT2D eigenvalue weighted by Crippen LogP contribution is -2.08. The quantitative estimate of drug-likeness (QED) is 0.481. The van der Waals surface area contributed by atoms with Crippen LogP contribution in [-0.4, -0.2) is 15.9 Å². The highest BCUT2D eigenvalue weighted by molar-refractivity contribution is 6.13. The normalized spacial score (nSPS) is 17.9. The average molecular weight is 186 g/mol. The summed E-state index contributed by atoms with van der Waals surface area (Å²) in [6, 6.07) is 6.03. The number of hydrogen-bond acceptors (Lipinski definition) is 2. The van der Waals surface area contributed by atoms with E-state index in [1.165, 1.54) is 10.9 Å². The van der Waals surface area contributed by atoms with Crippen LogP contribution in [0.3, 0.4) is 0 Å². The summed E-state index contributed by atoms with van der Waals surface area (Å²) in [6.45, 7) is 0. The SMILES string of the molecule is O/N=C1\CCc2c[nH]c3cccc1c23. The molecular formula is C11H10N2O. The average Bonchev–Trinajstić information content (AvgIpc) is 2.65. The highest BCUT2D eigenvalue weighted by atomic mass is 16.4. The number of hydrogen-bond donors (Lipinski definition) is 2. The molecule has 0 radical (unpaired) electrons. The number of benzene rings is 1. The van der Waals surface area contributed by atoms with Crippen molar-refractivity contribution >= 4 is 16.6 Å². The van der Waals surface area contributed by atoms with E-state index in [4.69, 9.17) is 5.21 Å². The second-order valence-corrected chi connectivity index (χ2v) is 3.59. The van der Waals surface area contributed by atoms with Crippen LogP contribution in [0.5, 0.6) is 0 Å². The van der Waals surface area contributed by atoms with Gasteiger partial charge in [-0.15, -0.1) is 0 Å². The zero-order valence-electron chi connectivity index (χ0n) is 7.62. The number of nitrogens with one attached hydrogen (secondary N) is 1. The summed E-state index contributed by atoms with van der Waals surface area (Å²) < 4.78 is 0. The lowest BCUT2D eigenvalue weighted by molar-refractivity contribution is 0.318. The summed E-state index contributed by atoms with van der Waals surface area (Å²) in [5, 5.41) is 13.5. The highest BCUT2D eigenvalue weighted by Gasteiger charge is 2.18. The molecule has 0 unspecified atom stereocenters. The van der Waals surface area contributed by atoms with E-state index in [0.29, 0.717) is 0 Å². The van der Waals surface area contributed by atoms with Crippen LogP contribution >= 0.6 is 0 Å². The highest BCUT2D eigenvalue weighted by Crippen LogP contribution is 2.29. The van der Waals surface area contributed by atoms with E-state index in [2.05, 4.69) is 10.1 Å². The second-order valence-electron chi connectivity index (χ2n) is 3.59. The maximum absolute atomic E-state index is 8.88. The van der Waals surface area contributed by atoms with Gasteiger partial charge in [-0.05, 0) is 24.5 Å². The molecule has 1 aromatic carbocycles. The molecule has 2 aromatic rings. The molecule has 0 saturated carbocycles. The third-order valence-corrected chi connectivity index (χ3v) is 2.85. The molecule has 0 amide bonds. The van der Waals surface area contributed by atoms with Gasteiger partial charge in [-0.2, -0.15) is 0 Å². The molecule has 2 N–H and O–H groups in total. The van der Waals surface area contributed by atoms with Gasteiger partial charge >= 0.3 is 0 Å². The Balaban J connectivity index is 2.45. The zero-order chi connectivity index (χ0) is 9.54. The number of oxime groups is 1. The minimum atomic E-state index is 0.794. The predicted octanol–water partition coefficient (Wildman–Crippen LogP) is 2.29. The fourth-order valence-electron chi connectivity index (χ4n) is 2.18. The van der Waals surface area contributed by atoms with Gasteiger partial charge in [0.15, 0.2) is 0 Å². The molecule has 0 atom stereocenters. The van der Waals surface area contributed by atoms with Gasteiger partial charge in [0, 0.05) is 22.7 Å². The van der Waals surface area contributed by atoms with Crippen molar-refractivity contribution in [3.8, 4) is 0 Å². The smallest absolute Gasteiger partial charge is 0.0878 e. The van der Waals surface area contributed by atoms with E-state index in [-0.39, 0.29) is 0 Å². The van der Waals surface area contributed by atoms with Crippen LogP contribution < -0.4 is 0 Å². The van der Waals surface area contributed by atoms with Crippen molar-refractivity contribution in [1.82, 2.24) is 4.98 Å². The van der Waals surface area contributed by atoms with Gasteiger partial charge in [-0.1, -0.05) is 17.3 Å². The first-order chi connectivity index (χ1) is 6.90. The number of aromatic nitrogens is 1. The molecule has 0 spiro atoms. The van der Waals surface area contributed by atoms with Crippen molar-refractivity contribution in [2.24, 2.45) is 5.16 Å². The Morgan fingerprint density at radius 1 is 1.29 bits per heavy atom. The zero-order valence-corrected chi connectivity index (χ0v) is 7.62. The van der Waals surface area contributed by atoms with Crippen molar-refractivity contribution < 1.29 is 5.21 Å². The first-order valence-corrected chi connectivity index (χ1v) is 4.70. The minimum Gasteiger partial charge on any atom is -0.411 e. The molecular weight excluding hydrogens is 176 g/mol. The number of rotatable bonds is 0. The lowest BCUT2D eigenvalue weighted by Gasteiger charge is -2.12. The first-order valence-electron chi connectivity index (χ1n) is 4.70. The molecule has 1 heterocycles. The Labute approximate surface area is 81.1 Å². The van der Waals surface area contributed by atoms with E-state index in [0.717, 1.165) is 29.6 Å². The fraction of sp³-hybridized carbons (Fsp3) is 0.182. The van der Waals surface area contributed by atoms with E-state index >= 15 is 0 Å². The topological polar surface area (TPSA) is 48.4 Å². The van der Waals surface area contributed by atoms with Crippen LogP contribution in [0, 0.1) is 0 Å². The van der Waals surface area contributed by atoms with Crippen LogP contribution in [0.2, 0.25) is 0 Å². The summed E-state index contributed by atoms with van der Waals surface area (Å²) in [5.41, 5.74) is 4.30. The molecule has 1 aromatic heterocycles. The van der Waals surface area contributed by atoms with E-state index in [1.807, 2.05) is 24.4 Å². The molecule has 3 rings (SSSR count). The van der Waals surface area contributed by atoms with Crippen LogP contribution in [0.15, 0.2) is 29.6 Å². The minimum absolute atomic E-state index is 0.794. The van der Waals surface area contributed by atoms with Gasteiger partial charge < -0.3 is 10.2 Å². The van der Waals surface area contributed by atoms with Crippen molar-refractivity contribution in [3.63, 3.8) is 0 Å². The Bertz CT molecular complexity index is 525. The van der Waals surface area contributed by atoms with E-state index in [1.54, 1.807) is 0 Å². The van der Waals surface area contributed by atoms with Crippen LogP contribution in [0.1, 0.15) is 17.5 Å². The summed E-state index contributed by atoms with van der Waals surface area (Å²) in [6.07, 6.45) is 3.82. The fourth-order valence-corrected chi connectivity index (χ4v) is 2.18. The molecule has 1 aliphatic carbocycles. The molecule has 0 fully saturated rings. The van der Waals surface area contributed by atoms with Gasteiger partial charge in [-0.3, -0.25) is 0 Å². The Morgan fingerprint density at radius 2 is 2.21 bits per heavy atom. The van der Waals surface area contributed by atoms with Crippen molar-refractivity contribution in [2.45, 2.75) is 12.8 Å². The molecule has 0 saturated heterocycles. The number of H-pyrrole nitrogens is 1. The van der Waals surface area contributed by atoms with Crippen LogP contribution in [-0.2, 0) is 6.42 Å². The van der Waals surface area contributed by atoms with Gasteiger partial charge in [0.2, 0.25) is 0 Å². The molecule has 0 aliphatic heterocycles. The molecule has 14 heavy (non-hydrogen) atoms. The van der Waals surface area contributed by atoms with Crippen molar-refractivity contribution in [3.05, 3.63) is 35.5 Å². The van der Waals surface area contributed by atoms with Crippen molar-refractivity contribution in [1.29, 1.82) is 0 Å². The Kier molecular flexibility index (Phi) is 1.42. The van der Waals surface area contributed by atoms with Gasteiger partial charge in [0.25, 0.3) is 0 Å². The first kappa shape index (κ1) is 7.62. The van der Waals surface area contributed by atoms with Crippen LogP contribution in [0.4, 0.5) is 0 Å². The Morgan fingerprint density at radius 3 is 3.07 bits per heavy atom. The molecule has 3 heteroatoms. The standard InChI is InChI=1S/C11H10N2O/c14-13-9-5-4-7-6-12-10-3-1-2-8(9)11(7)10/h1-3,6,12,14H,4-5H2/b13-9+. The summed E-state index contributed by atoms with van der Waals surface area (Å²) in [4.78, 5) is 3.23. The molecule has 70 valence electrons. The predicted molar refractivity (Wildman–Crippen MR) is 54.9 cm³/mol. The maximum atomic E-state index is 8.88. The summed E-state index contributed by atoms with van der Waals surface area (Å²) in [5.74, 6) is 0. The van der Waals surface area contributed by atoms with E-state index < -0.39 is 0 Å². The number of aryl methyl sites for hydroxylation is 1. The Hall–Kier alpha value is -1.77. The molecule has 0 bridgehead atoms. The number of nitrogens with zero attached hydrogens (tertiary/aromatic N) is 1. The van der Waals surface area contributed by atoms with Crippen LogP contribution in [0.25, 0.3) is 10.9 Å². The number of aromatic amines is 1. The molecule has 1 aliphatic rings. The summed E-state index contributed by atoms with van der Waals surface area (Å²) >= 11 is 0. The van der Waals surface area contributed by atoms with Gasteiger partial charge in [0.05, 0.1) is 5.71 Å².